The van der Waals surface area contributed by atoms with Crippen LogP contribution in [-0.2, 0) is 16.1 Å². The highest BCUT2D eigenvalue weighted by Gasteiger charge is 2.27. The van der Waals surface area contributed by atoms with E-state index in [9.17, 15) is 14.0 Å². The Morgan fingerprint density at radius 2 is 2.17 bits per heavy atom. The van der Waals surface area contributed by atoms with E-state index in [1.54, 1.807) is 24.4 Å². The summed E-state index contributed by atoms with van der Waals surface area (Å²) >= 11 is 0. The van der Waals surface area contributed by atoms with E-state index >= 15 is 0 Å². The van der Waals surface area contributed by atoms with Gasteiger partial charge in [0.05, 0.1) is 11.9 Å². The van der Waals surface area contributed by atoms with Gasteiger partial charge in [0.15, 0.2) is 0 Å². The van der Waals surface area contributed by atoms with E-state index in [2.05, 4.69) is 15.3 Å². The van der Waals surface area contributed by atoms with Gasteiger partial charge in [-0.15, -0.1) is 0 Å². The van der Waals surface area contributed by atoms with Crippen molar-refractivity contribution in [2.75, 3.05) is 30.6 Å². The van der Waals surface area contributed by atoms with Gasteiger partial charge in [0.2, 0.25) is 12.3 Å². The number of halogens is 1. The molecule has 3 rings (SSSR count). The second kappa shape index (κ2) is 9.67. The van der Waals surface area contributed by atoms with Crippen LogP contribution in [0.25, 0.3) is 0 Å². The highest BCUT2D eigenvalue weighted by atomic mass is 19.1. The molecule has 0 unspecified atom stereocenters. The van der Waals surface area contributed by atoms with E-state index in [4.69, 9.17) is 0 Å². The number of carbonyl (C=O) groups is 2. The number of likely N-dealkylation sites (tertiary alicyclic amines) is 1. The predicted octanol–water partition coefficient (Wildman–Crippen LogP) is 2.96. The lowest BCUT2D eigenvalue weighted by molar-refractivity contribution is -0.131. The Morgan fingerprint density at radius 1 is 1.37 bits per heavy atom. The predicted molar refractivity (Wildman–Crippen MR) is 114 cm³/mol. The highest BCUT2D eigenvalue weighted by molar-refractivity contribution is 5.79. The molecule has 0 saturated carbocycles. The first-order chi connectivity index (χ1) is 14.4. The molecule has 1 saturated heterocycles. The number of rotatable bonds is 8. The van der Waals surface area contributed by atoms with Crippen molar-refractivity contribution in [2.45, 2.75) is 39.3 Å². The van der Waals surface area contributed by atoms with Gasteiger partial charge in [-0.25, -0.2) is 9.40 Å². The minimum atomic E-state index is -0.494. The molecular weight excluding hydrogens is 385 g/mol. The Balaban J connectivity index is 1.69. The summed E-state index contributed by atoms with van der Waals surface area (Å²) in [6.45, 7) is 5.99. The van der Waals surface area contributed by atoms with Crippen LogP contribution >= 0.6 is 0 Å². The van der Waals surface area contributed by atoms with Crippen LogP contribution in [0.1, 0.15) is 31.0 Å². The molecule has 1 N–H and O–H groups in total. The van der Waals surface area contributed by atoms with E-state index in [0.29, 0.717) is 25.1 Å². The Morgan fingerprint density at radius 3 is 2.83 bits per heavy atom. The second-order valence-corrected chi connectivity index (χ2v) is 7.60. The first-order valence-electron chi connectivity index (χ1n) is 10.1. The SMILES string of the molecule is CCC(=O)N(C)[C@@H]1CCN(Cc2ccc(F)c(N(C=O)Nc3ccc(C)nc3)c2)C1. The number of aryl methyl sites for hydroxylation is 1. The number of hydrazine groups is 1. The monoisotopic (exact) mass is 413 g/mol. The van der Waals surface area contributed by atoms with Crippen molar-refractivity contribution in [2.24, 2.45) is 0 Å². The molecule has 1 atom stereocenters. The molecule has 1 aliphatic rings. The Labute approximate surface area is 176 Å². The van der Waals surface area contributed by atoms with Gasteiger partial charge in [-0.05, 0) is 43.2 Å². The lowest BCUT2D eigenvalue weighted by Crippen LogP contribution is -2.38. The van der Waals surface area contributed by atoms with Crippen molar-refractivity contribution in [1.29, 1.82) is 0 Å². The normalized spacial score (nSPS) is 16.3. The van der Waals surface area contributed by atoms with E-state index < -0.39 is 5.82 Å². The molecule has 30 heavy (non-hydrogen) atoms. The highest BCUT2D eigenvalue weighted by Crippen LogP contribution is 2.24. The summed E-state index contributed by atoms with van der Waals surface area (Å²) < 4.78 is 14.5. The van der Waals surface area contributed by atoms with Crippen LogP contribution in [0.15, 0.2) is 36.5 Å². The number of likely N-dealkylation sites (N-methyl/N-ethyl adjacent to an activating group) is 1. The molecule has 1 fully saturated rings. The molecule has 2 amide bonds. The molecule has 7 nitrogen and oxygen atoms in total. The van der Waals surface area contributed by atoms with Gasteiger partial charge in [0, 0.05) is 44.8 Å². The van der Waals surface area contributed by atoms with Crippen LogP contribution in [0.4, 0.5) is 15.8 Å². The van der Waals surface area contributed by atoms with Gasteiger partial charge in [0.1, 0.15) is 11.5 Å². The molecule has 2 aromatic rings. The van der Waals surface area contributed by atoms with E-state index in [0.717, 1.165) is 35.8 Å². The molecule has 0 radical (unpaired) electrons. The number of nitrogens with zero attached hydrogens (tertiary/aromatic N) is 4. The third kappa shape index (κ3) is 5.13. The standard InChI is InChI=1S/C22H28FN5O2/c1-4-22(30)26(3)19-9-10-27(14-19)13-17-6-8-20(23)21(11-17)28(15-29)25-18-7-5-16(2)24-12-18/h5-8,11-12,15,19,25H,4,9-10,13-14H2,1-3H3/t19-/m1/s1. The number of benzene rings is 1. The molecule has 1 aliphatic heterocycles. The van der Waals surface area contributed by atoms with Gasteiger partial charge >= 0.3 is 0 Å². The first-order valence-corrected chi connectivity index (χ1v) is 10.1. The fraction of sp³-hybridized carbons (Fsp3) is 0.409. The van der Waals surface area contributed by atoms with Gasteiger partial charge in [-0.2, -0.15) is 0 Å². The Hall–Kier alpha value is -3.00. The second-order valence-electron chi connectivity index (χ2n) is 7.60. The Kier molecular flexibility index (Phi) is 6.99. The summed E-state index contributed by atoms with van der Waals surface area (Å²) in [5.74, 6) is -0.352. The van der Waals surface area contributed by atoms with Crippen molar-refractivity contribution in [3.63, 3.8) is 0 Å². The fourth-order valence-corrected chi connectivity index (χ4v) is 3.64. The summed E-state index contributed by atoms with van der Waals surface area (Å²) in [5.41, 5.74) is 5.36. The number of aromatic nitrogens is 1. The van der Waals surface area contributed by atoms with Gasteiger partial charge in [0.25, 0.3) is 0 Å². The lowest BCUT2D eigenvalue weighted by atomic mass is 10.1. The number of amides is 2. The molecule has 2 heterocycles. The van der Waals surface area contributed by atoms with Crippen molar-refractivity contribution >= 4 is 23.7 Å². The minimum Gasteiger partial charge on any atom is -0.341 e. The zero-order valence-electron chi connectivity index (χ0n) is 17.6. The topological polar surface area (TPSA) is 68.8 Å². The number of carbonyl (C=O) groups excluding carboxylic acids is 2. The molecule has 0 spiro atoms. The summed E-state index contributed by atoms with van der Waals surface area (Å²) in [5, 5.41) is 1.12. The van der Waals surface area contributed by atoms with Crippen molar-refractivity contribution in [3.05, 3.63) is 53.6 Å². The number of pyridine rings is 1. The molecule has 0 aliphatic carbocycles. The van der Waals surface area contributed by atoms with Crippen molar-refractivity contribution in [3.8, 4) is 0 Å². The zero-order valence-corrected chi connectivity index (χ0v) is 17.6. The first kappa shape index (κ1) is 21.7. The van der Waals surface area contributed by atoms with E-state index in [1.807, 2.05) is 31.9 Å². The summed E-state index contributed by atoms with van der Waals surface area (Å²) in [6.07, 6.45) is 3.55. The zero-order chi connectivity index (χ0) is 21.7. The van der Waals surface area contributed by atoms with Crippen LogP contribution < -0.4 is 10.4 Å². The minimum absolute atomic E-state index is 0.143. The third-order valence-electron chi connectivity index (χ3n) is 5.43. The molecule has 8 heteroatoms. The molecule has 0 bridgehead atoms. The number of hydrogen-bond acceptors (Lipinski definition) is 5. The summed E-state index contributed by atoms with van der Waals surface area (Å²) in [6, 6.07) is 8.55. The summed E-state index contributed by atoms with van der Waals surface area (Å²) in [4.78, 5) is 31.8. The van der Waals surface area contributed by atoms with Gasteiger partial charge < -0.3 is 4.90 Å². The Bertz CT molecular complexity index is 890. The third-order valence-corrected chi connectivity index (χ3v) is 5.43. The van der Waals surface area contributed by atoms with Gasteiger partial charge in [-0.1, -0.05) is 13.0 Å². The maximum Gasteiger partial charge on any atom is 0.232 e. The quantitative estimate of drug-likeness (QED) is 0.532. The number of anilines is 2. The average molecular weight is 413 g/mol. The largest absolute Gasteiger partial charge is 0.341 e. The van der Waals surface area contributed by atoms with Crippen LogP contribution in [0.2, 0.25) is 0 Å². The maximum absolute atomic E-state index is 14.5. The van der Waals surface area contributed by atoms with Crippen LogP contribution in [0, 0.1) is 12.7 Å². The van der Waals surface area contributed by atoms with Crippen LogP contribution in [0.5, 0.6) is 0 Å². The number of hydrogen-bond donors (Lipinski definition) is 1. The van der Waals surface area contributed by atoms with E-state index in [1.165, 1.54) is 6.07 Å². The molecule has 1 aromatic heterocycles. The smallest absolute Gasteiger partial charge is 0.232 e. The molecule has 160 valence electrons. The van der Waals surface area contributed by atoms with Crippen molar-refractivity contribution < 1.29 is 14.0 Å². The summed E-state index contributed by atoms with van der Waals surface area (Å²) in [7, 11) is 1.85. The van der Waals surface area contributed by atoms with Gasteiger partial charge in [-0.3, -0.25) is 24.9 Å². The maximum atomic E-state index is 14.5. The van der Waals surface area contributed by atoms with Crippen LogP contribution in [0.3, 0.4) is 0 Å². The lowest BCUT2D eigenvalue weighted by Gasteiger charge is -2.25. The van der Waals surface area contributed by atoms with Crippen molar-refractivity contribution in [1.82, 2.24) is 14.8 Å². The van der Waals surface area contributed by atoms with E-state index in [-0.39, 0.29) is 17.6 Å². The molecular formula is C22H28FN5O2. The number of nitrogens with one attached hydrogen (secondary N) is 1. The molecule has 1 aromatic carbocycles. The average Bonchev–Trinajstić information content (AvgIpc) is 3.22. The fourth-order valence-electron chi connectivity index (χ4n) is 3.64. The van der Waals surface area contributed by atoms with Crippen LogP contribution in [-0.4, -0.2) is 53.3 Å².